The lowest BCUT2D eigenvalue weighted by atomic mass is 10.1. The highest BCUT2D eigenvalue weighted by molar-refractivity contribution is 6.83. The fourth-order valence-electron chi connectivity index (χ4n) is 1.74. The van der Waals surface area contributed by atoms with Crippen molar-refractivity contribution in [2.45, 2.75) is 19.6 Å². The van der Waals surface area contributed by atoms with Gasteiger partial charge in [-0.1, -0.05) is 25.6 Å². The fraction of sp³-hybridized carbons (Fsp3) is 0.176. The van der Waals surface area contributed by atoms with Crippen LogP contribution >= 0.6 is 0 Å². The SMILES string of the molecule is C[Si](C)(C)C#Cc1ccc2cc(C=CC(=O)O)c(=O)oc2c1. The van der Waals surface area contributed by atoms with Gasteiger partial charge in [-0.15, -0.1) is 5.54 Å². The van der Waals surface area contributed by atoms with Crippen LogP contribution in [0.2, 0.25) is 19.6 Å². The molecule has 1 N–H and O–H groups in total. The van der Waals surface area contributed by atoms with Gasteiger partial charge in [0.15, 0.2) is 0 Å². The molecule has 0 bridgehead atoms. The largest absolute Gasteiger partial charge is 0.478 e. The maximum Gasteiger partial charge on any atom is 0.343 e. The third-order valence-electron chi connectivity index (χ3n) is 2.75. The first-order valence-corrected chi connectivity index (χ1v) is 10.3. The number of aliphatic carboxylic acids is 1. The number of hydrogen-bond acceptors (Lipinski definition) is 3. The summed E-state index contributed by atoms with van der Waals surface area (Å²) in [4.78, 5) is 22.3. The molecule has 1 aromatic carbocycles. The number of hydrogen-bond donors (Lipinski definition) is 1. The standard InChI is InChI=1S/C17H16O4Si/c1-22(2,3)9-8-12-4-5-13-11-14(6-7-16(18)19)17(20)21-15(13)10-12/h4-7,10-11H,1-3H3,(H,18,19). The van der Waals surface area contributed by atoms with Crippen LogP contribution in [0.4, 0.5) is 0 Å². The molecule has 1 heterocycles. The topological polar surface area (TPSA) is 67.5 Å². The molecule has 22 heavy (non-hydrogen) atoms. The van der Waals surface area contributed by atoms with Gasteiger partial charge in [0.2, 0.25) is 0 Å². The summed E-state index contributed by atoms with van der Waals surface area (Å²) < 4.78 is 5.24. The minimum absolute atomic E-state index is 0.204. The van der Waals surface area contributed by atoms with Gasteiger partial charge in [-0.2, -0.15) is 0 Å². The maximum atomic E-state index is 11.8. The summed E-state index contributed by atoms with van der Waals surface area (Å²) in [5, 5.41) is 9.33. The molecule has 2 rings (SSSR count). The first kappa shape index (κ1) is 15.8. The Morgan fingerprint density at radius 3 is 2.64 bits per heavy atom. The lowest BCUT2D eigenvalue weighted by molar-refractivity contribution is -0.131. The van der Waals surface area contributed by atoms with Crippen LogP contribution in [0.1, 0.15) is 11.1 Å². The summed E-state index contributed by atoms with van der Waals surface area (Å²) in [7, 11) is -1.47. The van der Waals surface area contributed by atoms with E-state index >= 15 is 0 Å². The van der Waals surface area contributed by atoms with Crippen molar-refractivity contribution in [2.24, 2.45) is 0 Å². The Hall–Kier alpha value is -2.58. The van der Waals surface area contributed by atoms with Gasteiger partial charge in [-0.05, 0) is 30.3 Å². The van der Waals surface area contributed by atoms with Gasteiger partial charge in [0, 0.05) is 17.0 Å². The molecule has 0 radical (unpaired) electrons. The van der Waals surface area contributed by atoms with Gasteiger partial charge in [0.25, 0.3) is 0 Å². The number of carboxylic acid groups (broad SMARTS) is 1. The van der Waals surface area contributed by atoms with E-state index in [2.05, 4.69) is 31.1 Å². The highest BCUT2D eigenvalue weighted by Gasteiger charge is 2.08. The molecule has 1 aromatic heterocycles. The minimum atomic E-state index is -1.47. The number of carboxylic acids is 1. The summed E-state index contributed by atoms with van der Waals surface area (Å²) in [6.45, 7) is 6.46. The van der Waals surface area contributed by atoms with E-state index in [-0.39, 0.29) is 5.56 Å². The molecule has 5 heteroatoms. The molecule has 0 atom stereocenters. The van der Waals surface area contributed by atoms with Crippen molar-refractivity contribution in [3.8, 4) is 11.5 Å². The highest BCUT2D eigenvalue weighted by Crippen LogP contribution is 2.16. The van der Waals surface area contributed by atoms with E-state index in [1.165, 1.54) is 6.08 Å². The molecule has 0 aliphatic carbocycles. The molecule has 0 amide bonds. The Morgan fingerprint density at radius 1 is 1.27 bits per heavy atom. The summed E-state index contributed by atoms with van der Waals surface area (Å²) in [6, 6.07) is 7.01. The average molecular weight is 312 g/mol. The molecule has 2 aromatic rings. The molecule has 0 aliphatic heterocycles. The van der Waals surface area contributed by atoms with Gasteiger partial charge >= 0.3 is 11.6 Å². The average Bonchev–Trinajstić information content (AvgIpc) is 2.41. The molecule has 0 saturated carbocycles. The van der Waals surface area contributed by atoms with E-state index < -0.39 is 19.7 Å². The summed E-state index contributed by atoms with van der Waals surface area (Å²) in [5.74, 6) is 1.99. The van der Waals surface area contributed by atoms with Crippen LogP contribution in [-0.2, 0) is 4.79 Å². The van der Waals surface area contributed by atoms with E-state index in [0.717, 1.165) is 17.0 Å². The molecule has 0 saturated heterocycles. The molecular weight excluding hydrogens is 296 g/mol. The lowest BCUT2D eigenvalue weighted by Gasteiger charge is -2.03. The third-order valence-corrected chi connectivity index (χ3v) is 3.63. The third kappa shape index (κ3) is 4.20. The van der Waals surface area contributed by atoms with Crippen LogP contribution in [0.5, 0.6) is 0 Å². The number of rotatable bonds is 2. The zero-order chi connectivity index (χ0) is 16.3. The van der Waals surface area contributed by atoms with Gasteiger partial charge in [-0.25, -0.2) is 9.59 Å². The van der Waals surface area contributed by atoms with Crippen molar-refractivity contribution in [3.63, 3.8) is 0 Å². The molecule has 0 aliphatic rings. The Bertz CT molecular complexity index is 873. The second kappa shape index (κ2) is 6.04. The second-order valence-corrected chi connectivity index (χ2v) is 10.7. The van der Waals surface area contributed by atoms with Crippen LogP contribution in [0, 0.1) is 11.5 Å². The monoisotopic (exact) mass is 312 g/mol. The van der Waals surface area contributed by atoms with Crippen molar-refractivity contribution in [1.29, 1.82) is 0 Å². The van der Waals surface area contributed by atoms with E-state index in [9.17, 15) is 9.59 Å². The quantitative estimate of drug-likeness (QED) is 0.400. The Morgan fingerprint density at radius 2 is 2.00 bits per heavy atom. The van der Waals surface area contributed by atoms with E-state index in [1.807, 2.05) is 12.1 Å². The smallest absolute Gasteiger partial charge is 0.343 e. The molecular formula is C17H16O4Si. The Labute approximate surface area is 129 Å². The number of benzene rings is 1. The van der Waals surface area contributed by atoms with Crippen LogP contribution in [0.25, 0.3) is 17.0 Å². The van der Waals surface area contributed by atoms with E-state index in [4.69, 9.17) is 9.52 Å². The molecule has 0 fully saturated rings. The van der Waals surface area contributed by atoms with E-state index in [1.54, 1.807) is 12.1 Å². The molecule has 0 unspecified atom stereocenters. The zero-order valence-electron chi connectivity index (χ0n) is 12.6. The minimum Gasteiger partial charge on any atom is -0.478 e. The van der Waals surface area contributed by atoms with Crippen molar-refractivity contribution in [2.75, 3.05) is 0 Å². The number of fused-ring (bicyclic) bond motifs is 1. The van der Waals surface area contributed by atoms with Crippen molar-refractivity contribution in [3.05, 3.63) is 51.9 Å². The second-order valence-electron chi connectivity index (χ2n) is 5.91. The van der Waals surface area contributed by atoms with Crippen molar-refractivity contribution >= 4 is 31.1 Å². The van der Waals surface area contributed by atoms with Crippen LogP contribution in [0.15, 0.2) is 39.6 Å². The summed E-state index contributed by atoms with van der Waals surface area (Å²) in [6.07, 6.45) is 2.14. The lowest BCUT2D eigenvalue weighted by Crippen LogP contribution is -2.16. The molecule has 0 spiro atoms. The van der Waals surface area contributed by atoms with Crippen molar-refractivity contribution < 1.29 is 14.3 Å². The summed E-state index contributed by atoms with van der Waals surface area (Å²) >= 11 is 0. The molecule has 4 nitrogen and oxygen atoms in total. The van der Waals surface area contributed by atoms with Gasteiger partial charge in [0.1, 0.15) is 13.7 Å². The van der Waals surface area contributed by atoms with Crippen LogP contribution < -0.4 is 5.63 Å². The van der Waals surface area contributed by atoms with Crippen LogP contribution in [-0.4, -0.2) is 19.1 Å². The predicted molar refractivity (Wildman–Crippen MR) is 89.4 cm³/mol. The van der Waals surface area contributed by atoms with Gasteiger partial charge in [0.05, 0.1) is 5.56 Å². The summed E-state index contributed by atoms with van der Waals surface area (Å²) in [5.41, 5.74) is 4.13. The molecule has 112 valence electrons. The number of carbonyl (C=O) groups is 1. The van der Waals surface area contributed by atoms with Gasteiger partial charge in [-0.3, -0.25) is 0 Å². The Kier molecular flexibility index (Phi) is 4.34. The normalized spacial score (nSPS) is 11.4. The maximum absolute atomic E-state index is 11.8. The van der Waals surface area contributed by atoms with Crippen molar-refractivity contribution in [1.82, 2.24) is 0 Å². The highest BCUT2D eigenvalue weighted by atomic mass is 28.3. The zero-order valence-corrected chi connectivity index (χ0v) is 13.6. The predicted octanol–water partition coefficient (Wildman–Crippen LogP) is 3.12. The first-order valence-electron chi connectivity index (χ1n) is 6.77. The first-order chi connectivity index (χ1) is 10.2. The van der Waals surface area contributed by atoms with Gasteiger partial charge < -0.3 is 9.52 Å². The van der Waals surface area contributed by atoms with E-state index in [0.29, 0.717) is 5.58 Å². The van der Waals surface area contributed by atoms with Crippen LogP contribution in [0.3, 0.4) is 0 Å². The fourth-order valence-corrected chi connectivity index (χ4v) is 2.26. The Balaban J connectivity index is 2.47.